The lowest BCUT2D eigenvalue weighted by atomic mass is 9.41. The largest absolute Gasteiger partial charge is 0.469 e. The summed E-state index contributed by atoms with van der Waals surface area (Å²) in [6, 6.07) is 0. The zero-order valence-electron chi connectivity index (χ0n) is 15.8. The highest BCUT2D eigenvalue weighted by Crippen LogP contribution is 2.70. The highest BCUT2D eigenvalue weighted by atomic mass is 16.5. The van der Waals surface area contributed by atoms with E-state index in [1.165, 1.54) is 38.4 Å². The van der Waals surface area contributed by atoms with Crippen molar-refractivity contribution in [2.45, 2.75) is 65.2 Å². The quantitative estimate of drug-likeness (QED) is 0.345. The Morgan fingerprint density at radius 3 is 2.76 bits per heavy atom. The second-order valence-electron chi connectivity index (χ2n) is 9.51. The topological polar surface area (TPSA) is 58.9 Å². The number of carbonyl (C=O) groups excluding carboxylic acids is 1. The predicted molar refractivity (Wildman–Crippen MR) is 96.4 cm³/mol. The van der Waals surface area contributed by atoms with E-state index >= 15 is 0 Å². The lowest BCUT2D eigenvalue weighted by Crippen LogP contribution is -2.58. The van der Waals surface area contributed by atoms with E-state index in [1.807, 2.05) is 0 Å². The van der Waals surface area contributed by atoms with Gasteiger partial charge < -0.3 is 9.94 Å². The van der Waals surface area contributed by atoms with Gasteiger partial charge in [-0.1, -0.05) is 24.6 Å². The molecule has 2 bridgehead atoms. The second-order valence-corrected chi connectivity index (χ2v) is 9.51. The molecule has 4 rings (SSSR count). The van der Waals surface area contributed by atoms with E-state index in [0.29, 0.717) is 17.8 Å². The van der Waals surface area contributed by atoms with Crippen LogP contribution in [0.15, 0.2) is 16.8 Å². The van der Waals surface area contributed by atoms with Gasteiger partial charge in [0.2, 0.25) is 0 Å². The number of carbonyl (C=O) groups is 1. The SMILES string of the molecule is COC(=O)[C@]1(C)CCC[C@@]2(C)[C@@H]3CC[C@@H]4C[C@]3(C=C4/C=N/O)CC[C@@H]21. The van der Waals surface area contributed by atoms with Gasteiger partial charge in [-0.25, -0.2) is 0 Å². The normalized spacial score (nSPS) is 48.6. The van der Waals surface area contributed by atoms with Crippen LogP contribution in [0.4, 0.5) is 0 Å². The Morgan fingerprint density at radius 1 is 1.24 bits per heavy atom. The number of methoxy groups -OCH3 is 1. The van der Waals surface area contributed by atoms with Gasteiger partial charge in [-0.05, 0) is 86.0 Å². The minimum atomic E-state index is -0.335. The molecule has 4 aliphatic carbocycles. The molecule has 0 heterocycles. The Bertz CT molecular complexity index is 641. The zero-order chi connectivity index (χ0) is 17.9. The number of rotatable bonds is 2. The van der Waals surface area contributed by atoms with Crippen LogP contribution in [0.1, 0.15) is 65.2 Å². The fourth-order valence-corrected chi connectivity index (χ4v) is 7.67. The number of allylic oxidation sites excluding steroid dienone is 2. The molecule has 0 aliphatic heterocycles. The summed E-state index contributed by atoms with van der Waals surface area (Å²) in [5.41, 5.74) is 1.35. The van der Waals surface area contributed by atoms with Crippen molar-refractivity contribution in [2.75, 3.05) is 7.11 Å². The van der Waals surface area contributed by atoms with Gasteiger partial charge in [-0.15, -0.1) is 0 Å². The van der Waals surface area contributed by atoms with Crippen LogP contribution in [0.2, 0.25) is 0 Å². The minimum Gasteiger partial charge on any atom is -0.469 e. The van der Waals surface area contributed by atoms with Crippen LogP contribution in [0.5, 0.6) is 0 Å². The third-order valence-corrected chi connectivity index (χ3v) is 8.58. The molecule has 0 aromatic heterocycles. The van der Waals surface area contributed by atoms with Crippen molar-refractivity contribution in [1.29, 1.82) is 0 Å². The summed E-state index contributed by atoms with van der Waals surface area (Å²) < 4.78 is 5.24. The molecule has 0 aromatic carbocycles. The molecule has 4 nitrogen and oxygen atoms in total. The number of hydrogen-bond acceptors (Lipinski definition) is 4. The van der Waals surface area contributed by atoms with E-state index in [1.54, 1.807) is 6.21 Å². The van der Waals surface area contributed by atoms with Crippen LogP contribution in [-0.4, -0.2) is 24.5 Å². The van der Waals surface area contributed by atoms with E-state index in [-0.39, 0.29) is 22.2 Å². The first-order valence-corrected chi connectivity index (χ1v) is 9.88. The minimum absolute atomic E-state index is 0.0110. The summed E-state index contributed by atoms with van der Waals surface area (Å²) in [4.78, 5) is 12.7. The maximum Gasteiger partial charge on any atom is 0.311 e. The lowest BCUT2D eigenvalue weighted by molar-refractivity contribution is -0.180. The first-order chi connectivity index (χ1) is 11.9. The van der Waals surface area contributed by atoms with Crippen LogP contribution in [-0.2, 0) is 9.53 Å². The Balaban J connectivity index is 1.73. The van der Waals surface area contributed by atoms with Crippen molar-refractivity contribution < 1.29 is 14.7 Å². The molecule has 3 fully saturated rings. The summed E-state index contributed by atoms with van der Waals surface area (Å²) in [6.45, 7) is 4.61. The first-order valence-electron chi connectivity index (χ1n) is 9.88. The number of hydrogen-bond donors (Lipinski definition) is 1. The smallest absolute Gasteiger partial charge is 0.311 e. The van der Waals surface area contributed by atoms with Crippen molar-refractivity contribution in [1.82, 2.24) is 0 Å². The molecular formula is C21H31NO3. The Kier molecular flexibility index (Phi) is 3.82. The maximum atomic E-state index is 12.7. The number of esters is 1. The van der Waals surface area contributed by atoms with Gasteiger partial charge in [0.25, 0.3) is 0 Å². The van der Waals surface area contributed by atoms with Crippen molar-refractivity contribution in [3.05, 3.63) is 11.6 Å². The van der Waals surface area contributed by atoms with Gasteiger partial charge >= 0.3 is 5.97 Å². The summed E-state index contributed by atoms with van der Waals surface area (Å²) in [7, 11) is 1.54. The van der Waals surface area contributed by atoms with Crippen LogP contribution in [0, 0.1) is 34.0 Å². The summed E-state index contributed by atoms with van der Waals surface area (Å²) in [6.07, 6.45) is 13.3. The molecule has 25 heavy (non-hydrogen) atoms. The number of oxime groups is 1. The van der Waals surface area contributed by atoms with Gasteiger partial charge in [-0.2, -0.15) is 0 Å². The number of ether oxygens (including phenoxy) is 1. The lowest BCUT2D eigenvalue weighted by Gasteiger charge is -2.63. The molecule has 138 valence electrons. The molecule has 0 amide bonds. The van der Waals surface area contributed by atoms with E-state index in [4.69, 9.17) is 9.94 Å². The Hall–Kier alpha value is -1.32. The van der Waals surface area contributed by atoms with Crippen molar-refractivity contribution in [3.63, 3.8) is 0 Å². The van der Waals surface area contributed by atoms with Crippen LogP contribution in [0.25, 0.3) is 0 Å². The van der Waals surface area contributed by atoms with E-state index < -0.39 is 0 Å². The van der Waals surface area contributed by atoms with Gasteiger partial charge in [0.1, 0.15) is 0 Å². The Morgan fingerprint density at radius 2 is 2.04 bits per heavy atom. The second kappa shape index (κ2) is 5.59. The van der Waals surface area contributed by atoms with Crippen molar-refractivity contribution in [3.8, 4) is 0 Å². The number of nitrogens with zero attached hydrogens (tertiary/aromatic N) is 1. The fraction of sp³-hybridized carbons (Fsp3) is 0.810. The molecule has 1 spiro atoms. The fourth-order valence-electron chi connectivity index (χ4n) is 7.67. The molecule has 6 atom stereocenters. The molecule has 4 heteroatoms. The molecular weight excluding hydrogens is 314 g/mol. The van der Waals surface area contributed by atoms with Gasteiger partial charge in [0.15, 0.2) is 0 Å². The predicted octanol–water partition coefficient (Wildman–Crippen LogP) is 4.57. The van der Waals surface area contributed by atoms with E-state index in [0.717, 1.165) is 25.7 Å². The molecule has 0 aromatic rings. The maximum absolute atomic E-state index is 12.7. The third-order valence-electron chi connectivity index (χ3n) is 8.58. The van der Waals surface area contributed by atoms with E-state index in [9.17, 15) is 4.79 Å². The van der Waals surface area contributed by atoms with Crippen LogP contribution >= 0.6 is 0 Å². The van der Waals surface area contributed by atoms with Gasteiger partial charge in [-0.3, -0.25) is 4.79 Å². The number of fused-ring (bicyclic) bond motifs is 3. The molecule has 4 aliphatic rings. The summed E-state index contributed by atoms with van der Waals surface area (Å²) in [5.74, 6) is 1.59. The molecule has 0 radical (unpaired) electrons. The van der Waals surface area contributed by atoms with Crippen molar-refractivity contribution >= 4 is 12.2 Å². The van der Waals surface area contributed by atoms with Crippen LogP contribution in [0.3, 0.4) is 0 Å². The summed E-state index contributed by atoms with van der Waals surface area (Å²) >= 11 is 0. The third kappa shape index (κ3) is 2.18. The standard InChI is InChI=1S/C21H31NO3/c1-19-8-4-9-20(2,18(23)25-3)16(19)7-10-21-11-14(5-6-17(19)21)15(12-21)13-22-24/h12-14,16-17,24H,4-11H2,1-3H3/b22-13+/t14-,16+,17+,19-,20-,21+/m1/s1. The molecule has 3 saturated carbocycles. The highest BCUT2D eigenvalue weighted by molar-refractivity contribution is 5.80. The van der Waals surface area contributed by atoms with Crippen LogP contribution < -0.4 is 0 Å². The van der Waals surface area contributed by atoms with Gasteiger partial charge in [0, 0.05) is 0 Å². The molecule has 0 unspecified atom stereocenters. The molecule has 1 N–H and O–H groups in total. The molecule has 0 saturated heterocycles. The average Bonchev–Trinajstić information content (AvgIpc) is 2.84. The highest BCUT2D eigenvalue weighted by Gasteiger charge is 2.64. The van der Waals surface area contributed by atoms with Gasteiger partial charge in [0.05, 0.1) is 18.7 Å². The first kappa shape index (κ1) is 17.1. The monoisotopic (exact) mass is 345 g/mol. The summed E-state index contributed by atoms with van der Waals surface area (Å²) in [5, 5.41) is 12.3. The average molecular weight is 345 g/mol. The Labute approximate surface area is 150 Å². The zero-order valence-corrected chi connectivity index (χ0v) is 15.8. The van der Waals surface area contributed by atoms with E-state index in [2.05, 4.69) is 25.1 Å². The van der Waals surface area contributed by atoms with Crippen molar-refractivity contribution in [2.24, 2.45) is 39.2 Å².